The van der Waals surface area contributed by atoms with Gasteiger partial charge in [-0.15, -0.1) is 0 Å². The Morgan fingerprint density at radius 1 is 1.35 bits per heavy atom. The molecule has 1 amide bonds. The maximum absolute atomic E-state index is 11.2. The van der Waals surface area contributed by atoms with Gasteiger partial charge >= 0.3 is 5.97 Å². The number of aliphatic carboxylic acids is 1. The van der Waals surface area contributed by atoms with E-state index in [1.807, 2.05) is 36.0 Å². The fraction of sp³-hybridized carbons (Fsp3) is 0.417. The molecule has 0 aliphatic carbocycles. The first kappa shape index (κ1) is 13.2. The minimum Gasteiger partial charge on any atom is -0.481 e. The van der Waals surface area contributed by atoms with Crippen LogP contribution in [0.2, 0.25) is 0 Å². The molecule has 0 fully saturated rings. The Bertz CT molecular complexity index is 404. The standard InChI is InChI=1S/C12H16N2O3/c1-14-9-3-2-4-10(14)7-8-13-11(15)5-6-12(16)17/h2-4,9H,5-8H2,1H3,(H-,13,15,16,17)/p+1. The smallest absolute Gasteiger partial charge is 0.303 e. The Balaban J connectivity index is 2.26. The molecule has 0 saturated carbocycles. The Labute approximate surface area is 100 Å². The summed E-state index contributed by atoms with van der Waals surface area (Å²) in [4.78, 5) is 21.5. The number of amides is 1. The van der Waals surface area contributed by atoms with E-state index in [0.29, 0.717) is 6.54 Å². The van der Waals surface area contributed by atoms with Crippen molar-refractivity contribution in [3.05, 3.63) is 30.1 Å². The average molecular weight is 237 g/mol. The molecule has 0 unspecified atom stereocenters. The van der Waals surface area contributed by atoms with E-state index in [-0.39, 0.29) is 18.7 Å². The zero-order chi connectivity index (χ0) is 12.7. The lowest BCUT2D eigenvalue weighted by molar-refractivity contribution is -0.679. The van der Waals surface area contributed by atoms with Crippen molar-refractivity contribution in [2.75, 3.05) is 6.54 Å². The zero-order valence-corrected chi connectivity index (χ0v) is 9.85. The summed E-state index contributed by atoms with van der Waals surface area (Å²) < 4.78 is 1.99. The second-order valence-corrected chi connectivity index (χ2v) is 3.80. The molecule has 0 atom stereocenters. The molecule has 0 aliphatic rings. The lowest BCUT2D eigenvalue weighted by Crippen LogP contribution is -2.35. The van der Waals surface area contributed by atoms with Crippen LogP contribution in [0.25, 0.3) is 0 Å². The third-order valence-corrected chi connectivity index (χ3v) is 2.43. The maximum atomic E-state index is 11.2. The monoisotopic (exact) mass is 237 g/mol. The highest BCUT2D eigenvalue weighted by Gasteiger charge is 2.07. The Morgan fingerprint density at radius 2 is 2.12 bits per heavy atom. The summed E-state index contributed by atoms with van der Waals surface area (Å²) >= 11 is 0. The molecular formula is C12H17N2O3+. The molecule has 1 aromatic rings. The van der Waals surface area contributed by atoms with Gasteiger partial charge in [-0.1, -0.05) is 6.07 Å². The molecule has 1 rings (SSSR count). The van der Waals surface area contributed by atoms with Crippen molar-refractivity contribution in [2.24, 2.45) is 7.05 Å². The Morgan fingerprint density at radius 3 is 2.76 bits per heavy atom. The van der Waals surface area contributed by atoms with Crippen LogP contribution in [0.1, 0.15) is 18.5 Å². The third kappa shape index (κ3) is 5.10. The summed E-state index contributed by atoms with van der Waals surface area (Å²) in [6.45, 7) is 0.524. The highest BCUT2D eigenvalue weighted by Crippen LogP contribution is 1.92. The van der Waals surface area contributed by atoms with Gasteiger partial charge in [0.15, 0.2) is 11.9 Å². The van der Waals surface area contributed by atoms with Gasteiger partial charge in [0.1, 0.15) is 7.05 Å². The van der Waals surface area contributed by atoms with Gasteiger partial charge in [0.05, 0.1) is 6.42 Å². The summed E-state index contributed by atoms with van der Waals surface area (Å²) in [5.41, 5.74) is 1.12. The SMILES string of the molecule is C[n+]1ccccc1CCNC(=O)CCC(=O)O. The first-order chi connectivity index (χ1) is 8.09. The molecule has 17 heavy (non-hydrogen) atoms. The minimum atomic E-state index is -0.949. The molecule has 0 aliphatic heterocycles. The van der Waals surface area contributed by atoms with E-state index < -0.39 is 5.97 Å². The second-order valence-electron chi connectivity index (χ2n) is 3.80. The van der Waals surface area contributed by atoms with Crippen LogP contribution in [0.5, 0.6) is 0 Å². The van der Waals surface area contributed by atoms with Gasteiger partial charge in [-0.05, 0) is 0 Å². The van der Waals surface area contributed by atoms with Crippen molar-refractivity contribution < 1.29 is 19.3 Å². The van der Waals surface area contributed by atoms with Crippen LogP contribution in [0, 0.1) is 0 Å². The van der Waals surface area contributed by atoms with Crippen LogP contribution in [0.15, 0.2) is 24.4 Å². The van der Waals surface area contributed by atoms with E-state index in [1.54, 1.807) is 0 Å². The Kier molecular flexibility index (Phi) is 5.13. The summed E-state index contributed by atoms with van der Waals surface area (Å²) in [7, 11) is 1.95. The van der Waals surface area contributed by atoms with Gasteiger partial charge < -0.3 is 10.4 Å². The van der Waals surface area contributed by atoms with Crippen molar-refractivity contribution in [2.45, 2.75) is 19.3 Å². The lowest BCUT2D eigenvalue weighted by Gasteiger charge is -2.03. The van der Waals surface area contributed by atoms with Crippen molar-refractivity contribution in [1.82, 2.24) is 5.32 Å². The van der Waals surface area contributed by atoms with Crippen LogP contribution < -0.4 is 9.88 Å². The molecular weight excluding hydrogens is 220 g/mol. The fourth-order valence-electron chi connectivity index (χ4n) is 1.46. The van der Waals surface area contributed by atoms with Crippen LogP contribution in [-0.2, 0) is 23.1 Å². The van der Waals surface area contributed by atoms with Gasteiger partial charge in [0.25, 0.3) is 0 Å². The van der Waals surface area contributed by atoms with Crippen molar-refractivity contribution in [3.8, 4) is 0 Å². The maximum Gasteiger partial charge on any atom is 0.303 e. The average Bonchev–Trinajstić information content (AvgIpc) is 2.29. The quantitative estimate of drug-likeness (QED) is 0.686. The molecule has 1 heterocycles. The minimum absolute atomic E-state index is 0.0379. The number of hydrogen-bond donors (Lipinski definition) is 2. The van der Waals surface area contributed by atoms with E-state index in [2.05, 4.69) is 5.32 Å². The van der Waals surface area contributed by atoms with Crippen LogP contribution >= 0.6 is 0 Å². The molecule has 5 heteroatoms. The number of carboxylic acids is 1. The van der Waals surface area contributed by atoms with Crippen LogP contribution in [0.4, 0.5) is 0 Å². The molecule has 2 N–H and O–H groups in total. The molecule has 92 valence electrons. The molecule has 0 aromatic carbocycles. The third-order valence-electron chi connectivity index (χ3n) is 2.43. The number of aromatic nitrogens is 1. The largest absolute Gasteiger partial charge is 0.481 e. The number of rotatable bonds is 6. The topological polar surface area (TPSA) is 70.3 Å². The highest BCUT2D eigenvalue weighted by molar-refractivity contribution is 5.80. The van der Waals surface area contributed by atoms with Gasteiger partial charge in [0, 0.05) is 31.5 Å². The van der Waals surface area contributed by atoms with E-state index in [4.69, 9.17) is 5.11 Å². The molecule has 5 nitrogen and oxygen atoms in total. The van der Waals surface area contributed by atoms with Crippen molar-refractivity contribution in [3.63, 3.8) is 0 Å². The van der Waals surface area contributed by atoms with Crippen molar-refractivity contribution in [1.29, 1.82) is 0 Å². The second kappa shape index (κ2) is 6.62. The summed E-state index contributed by atoms with van der Waals surface area (Å²) in [5, 5.41) is 11.1. The summed E-state index contributed by atoms with van der Waals surface area (Å²) in [6.07, 6.45) is 2.60. The number of pyridine rings is 1. The number of nitrogens with one attached hydrogen (secondary N) is 1. The van der Waals surface area contributed by atoms with E-state index in [0.717, 1.165) is 12.1 Å². The van der Waals surface area contributed by atoms with Gasteiger partial charge in [-0.25, -0.2) is 4.57 Å². The first-order valence-electron chi connectivity index (χ1n) is 5.51. The predicted octanol–water partition coefficient (Wildman–Crippen LogP) is 0.0346. The summed E-state index contributed by atoms with van der Waals surface area (Å²) in [5.74, 6) is -1.17. The van der Waals surface area contributed by atoms with Gasteiger partial charge in [0.2, 0.25) is 5.91 Å². The number of carbonyl (C=O) groups excluding carboxylic acids is 1. The molecule has 1 aromatic heterocycles. The molecule has 0 saturated heterocycles. The Hall–Kier alpha value is -1.91. The van der Waals surface area contributed by atoms with E-state index >= 15 is 0 Å². The summed E-state index contributed by atoms with van der Waals surface area (Å²) in [6, 6.07) is 5.87. The number of carbonyl (C=O) groups is 2. The highest BCUT2D eigenvalue weighted by atomic mass is 16.4. The van der Waals surface area contributed by atoms with E-state index in [1.165, 1.54) is 0 Å². The van der Waals surface area contributed by atoms with Gasteiger partial charge in [-0.3, -0.25) is 9.59 Å². The molecule has 0 spiro atoms. The van der Waals surface area contributed by atoms with Gasteiger partial charge in [-0.2, -0.15) is 0 Å². The van der Waals surface area contributed by atoms with Crippen LogP contribution in [-0.4, -0.2) is 23.5 Å². The van der Waals surface area contributed by atoms with Crippen molar-refractivity contribution >= 4 is 11.9 Å². The fourth-order valence-corrected chi connectivity index (χ4v) is 1.46. The van der Waals surface area contributed by atoms with Crippen LogP contribution in [0.3, 0.4) is 0 Å². The molecule has 0 bridgehead atoms. The molecule has 0 radical (unpaired) electrons. The zero-order valence-electron chi connectivity index (χ0n) is 9.85. The van der Waals surface area contributed by atoms with E-state index in [9.17, 15) is 9.59 Å². The number of carboxylic acid groups (broad SMARTS) is 1. The predicted molar refractivity (Wildman–Crippen MR) is 61.2 cm³/mol. The normalized spacial score (nSPS) is 9.94. The number of hydrogen-bond acceptors (Lipinski definition) is 2. The first-order valence-corrected chi connectivity index (χ1v) is 5.51. The lowest BCUT2D eigenvalue weighted by atomic mass is 10.2. The number of nitrogens with zero attached hydrogens (tertiary/aromatic N) is 1. The number of aryl methyl sites for hydroxylation is 1.